The summed E-state index contributed by atoms with van der Waals surface area (Å²) < 4.78 is 47.3. The van der Waals surface area contributed by atoms with Crippen LogP contribution in [0.15, 0.2) is 36.7 Å². The lowest BCUT2D eigenvalue weighted by Gasteiger charge is -2.08. The summed E-state index contributed by atoms with van der Waals surface area (Å²) >= 11 is 1.06. The number of nitrogens with zero attached hydrogens (tertiary/aromatic N) is 4. The number of hydrogen-bond acceptors (Lipinski definition) is 7. The van der Waals surface area contributed by atoms with E-state index in [9.17, 15) is 13.2 Å². The van der Waals surface area contributed by atoms with E-state index >= 15 is 0 Å². The lowest BCUT2D eigenvalue weighted by atomic mass is 10.3. The van der Waals surface area contributed by atoms with Gasteiger partial charge < -0.3 is 10.1 Å². The van der Waals surface area contributed by atoms with Crippen molar-refractivity contribution in [1.29, 1.82) is 0 Å². The highest BCUT2D eigenvalue weighted by atomic mass is 32.1. The first-order valence-corrected chi connectivity index (χ1v) is 8.35. The molecule has 0 saturated carbocycles. The summed E-state index contributed by atoms with van der Waals surface area (Å²) in [4.78, 5) is 12.3. The molecule has 1 N–H and O–H groups in total. The van der Waals surface area contributed by atoms with E-state index < -0.39 is 11.7 Å². The molecule has 0 aromatic carbocycles. The van der Waals surface area contributed by atoms with E-state index in [1.54, 1.807) is 18.3 Å². The maximum absolute atomic E-state index is 12.5. The average Bonchev–Trinajstić information content (AvgIpc) is 3.03. The first-order valence-electron chi connectivity index (χ1n) is 7.58. The summed E-state index contributed by atoms with van der Waals surface area (Å²) in [6, 6.07) is 5.69. The first kappa shape index (κ1) is 18.1. The van der Waals surface area contributed by atoms with Crippen molar-refractivity contribution in [2.75, 3.05) is 5.32 Å². The van der Waals surface area contributed by atoms with Crippen molar-refractivity contribution in [3.63, 3.8) is 0 Å². The van der Waals surface area contributed by atoms with Crippen LogP contribution in [-0.2, 0) is 6.18 Å². The zero-order chi connectivity index (χ0) is 18.7. The topological polar surface area (TPSA) is 72.8 Å². The van der Waals surface area contributed by atoms with Gasteiger partial charge in [-0.1, -0.05) is 0 Å². The Hall–Kier alpha value is -2.75. The van der Waals surface area contributed by atoms with E-state index in [1.165, 1.54) is 6.07 Å². The van der Waals surface area contributed by atoms with Crippen LogP contribution in [0.3, 0.4) is 0 Å². The molecule has 0 radical (unpaired) electrons. The molecule has 0 atom stereocenters. The summed E-state index contributed by atoms with van der Waals surface area (Å²) in [6.45, 7) is 3.84. The summed E-state index contributed by atoms with van der Waals surface area (Å²) in [7, 11) is 0. The minimum atomic E-state index is -4.42. The van der Waals surface area contributed by atoms with Gasteiger partial charge in [0.25, 0.3) is 0 Å². The van der Waals surface area contributed by atoms with E-state index in [2.05, 4.69) is 24.6 Å². The third kappa shape index (κ3) is 4.45. The zero-order valence-electron chi connectivity index (χ0n) is 13.8. The zero-order valence-corrected chi connectivity index (χ0v) is 14.6. The molecule has 0 unspecified atom stereocenters. The van der Waals surface area contributed by atoms with Gasteiger partial charge in [0.1, 0.15) is 17.3 Å². The Morgan fingerprint density at radius 2 is 1.88 bits per heavy atom. The number of halogens is 3. The van der Waals surface area contributed by atoms with Gasteiger partial charge in [0.15, 0.2) is 5.82 Å². The van der Waals surface area contributed by atoms with Crippen molar-refractivity contribution < 1.29 is 17.9 Å². The van der Waals surface area contributed by atoms with Gasteiger partial charge in [-0.3, -0.25) is 0 Å². The molecule has 26 heavy (non-hydrogen) atoms. The molecule has 0 saturated heterocycles. The van der Waals surface area contributed by atoms with E-state index in [0.29, 0.717) is 22.4 Å². The third-order valence-electron chi connectivity index (χ3n) is 3.09. The molecule has 0 aliphatic carbocycles. The number of hydrogen-bond donors (Lipinski definition) is 1. The van der Waals surface area contributed by atoms with Crippen molar-refractivity contribution in [1.82, 2.24) is 19.3 Å². The van der Waals surface area contributed by atoms with Crippen LogP contribution in [0.25, 0.3) is 11.5 Å². The third-order valence-corrected chi connectivity index (χ3v) is 3.72. The number of ether oxygens (including phenoxy) is 1. The molecule has 0 fully saturated rings. The van der Waals surface area contributed by atoms with E-state index in [-0.39, 0.29) is 11.9 Å². The lowest BCUT2D eigenvalue weighted by molar-refractivity contribution is -0.137. The Bertz CT molecular complexity index is 863. The molecule has 10 heteroatoms. The minimum absolute atomic E-state index is 0.0482. The fourth-order valence-corrected chi connectivity index (χ4v) is 2.56. The molecule has 3 rings (SSSR count). The van der Waals surface area contributed by atoms with E-state index in [4.69, 9.17) is 4.74 Å². The maximum Gasteiger partial charge on any atom is 0.417 e. The Morgan fingerprint density at radius 1 is 1.08 bits per heavy atom. The SMILES string of the molecule is CC(C)Oc1ccc(-c2nsc(Nc3ccc(C(F)(F)F)cn3)n2)nc1. The normalized spacial score (nSPS) is 11.6. The Labute approximate surface area is 151 Å². The minimum Gasteiger partial charge on any atom is -0.489 e. The summed E-state index contributed by atoms with van der Waals surface area (Å²) in [5.74, 6) is 1.29. The van der Waals surface area contributed by atoms with Crippen LogP contribution in [0.4, 0.5) is 24.1 Å². The van der Waals surface area contributed by atoms with Gasteiger partial charge >= 0.3 is 6.18 Å². The number of pyridine rings is 2. The summed E-state index contributed by atoms with van der Waals surface area (Å²) in [6.07, 6.45) is -2.02. The second-order valence-electron chi connectivity index (χ2n) is 5.52. The van der Waals surface area contributed by atoms with Crippen molar-refractivity contribution >= 4 is 22.5 Å². The summed E-state index contributed by atoms with van der Waals surface area (Å²) in [5, 5.41) is 3.22. The highest BCUT2D eigenvalue weighted by Crippen LogP contribution is 2.29. The molecule has 3 aromatic rings. The van der Waals surface area contributed by atoms with Crippen LogP contribution >= 0.6 is 11.5 Å². The van der Waals surface area contributed by atoms with Crippen LogP contribution in [0.1, 0.15) is 19.4 Å². The van der Waals surface area contributed by atoms with Gasteiger partial charge in [0, 0.05) is 17.7 Å². The van der Waals surface area contributed by atoms with Crippen molar-refractivity contribution in [2.45, 2.75) is 26.1 Å². The van der Waals surface area contributed by atoms with Gasteiger partial charge in [-0.15, -0.1) is 0 Å². The van der Waals surface area contributed by atoms with Crippen molar-refractivity contribution in [2.24, 2.45) is 0 Å². The largest absolute Gasteiger partial charge is 0.489 e. The molecule has 0 bridgehead atoms. The van der Waals surface area contributed by atoms with Gasteiger partial charge in [-0.05, 0) is 38.1 Å². The van der Waals surface area contributed by atoms with Gasteiger partial charge in [0.2, 0.25) is 5.13 Å². The first-order chi connectivity index (χ1) is 12.3. The maximum atomic E-state index is 12.5. The molecule has 3 aromatic heterocycles. The fraction of sp³-hybridized carbons (Fsp3) is 0.250. The monoisotopic (exact) mass is 381 g/mol. The number of aromatic nitrogens is 4. The molecule has 0 amide bonds. The molecule has 0 aliphatic heterocycles. The number of anilines is 2. The second-order valence-corrected chi connectivity index (χ2v) is 6.28. The van der Waals surface area contributed by atoms with E-state index in [1.807, 2.05) is 13.8 Å². The molecule has 6 nitrogen and oxygen atoms in total. The van der Waals surface area contributed by atoms with Crippen LogP contribution in [0.5, 0.6) is 5.75 Å². The van der Waals surface area contributed by atoms with Crippen LogP contribution in [-0.4, -0.2) is 25.4 Å². The van der Waals surface area contributed by atoms with Crippen LogP contribution in [0.2, 0.25) is 0 Å². The predicted molar refractivity (Wildman–Crippen MR) is 91.4 cm³/mol. The van der Waals surface area contributed by atoms with E-state index in [0.717, 1.165) is 23.8 Å². The number of rotatable bonds is 5. The smallest absolute Gasteiger partial charge is 0.417 e. The van der Waals surface area contributed by atoms with Crippen molar-refractivity contribution in [3.05, 3.63) is 42.2 Å². The fourth-order valence-electron chi connectivity index (χ4n) is 1.98. The number of alkyl halides is 3. The molecular weight excluding hydrogens is 367 g/mol. The lowest BCUT2D eigenvalue weighted by Crippen LogP contribution is -2.05. The number of nitrogens with one attached hydrogen (secondary N) is 1. The Balaban J connectivity index is 1.70. The molecular formula is C16H14F3N5OS. The molecule has 0 aliphatic rings. The quantitative estimate of drug-likeness (QED) is 0.699. The molecule has 136 valence electrons. The van der Waals surface area contributed by atoms with Gasteiger partial charge in [-0.25, -0.2) is 9.97 Å². The predicted octanol–water partition coefficient (Wildman–Crippen LogP) is 4.54. The molecule has 0 spiro atoms. The Morgan fingerprint density at radius 3 is 2.46 bits per heavy atom. The summed E-state index contributed by atoms with van der Waals surface area (Å²) in [5.41, 5.74) is -0.250. The van der Waals surface area contributed by atoms with Crippen LogP contribution < -0.4 is 10.1 Å². The highest BCUT2D eigenvalue weighted by Gasteiger charge is 2.30. The van der Waals surface area contributed by atoms with Gasteiger partial charge in [0.05, 0.1) is 17.9 Å². The van der Waals surface area contributed by atoms with Crippen LogP contribution in [0, 0.1) is 0 Å². The van der Waals surface area contributed by atoms with Crippen molar-refractivity contribution in [3.8, 4) is 17.3 Å². The average molecular weight is 381 g/mol. The molecule has 3 heterocycles. The highest BCUT2D eigenvalue weighted by molar-refractivity contribution is 7.09. The Kier molecular flexibility index (Phi) is 5.03. The standard InChI is InChI=1S/C16H14F3N5OS/c1-9(2)25-11-4-5-12(20-8-11)14-23-15(26-24-14)22-13-6-3-10(7-21-13)16(17,18)19/h3-9H,1-2H3,(H,21,22,23,24). The second kappa shape index (κ2) is 7.24. The van der Waals surface area contributed by atoms with Gasteiger partial charge in [-0.2, -0.15) is 22.5 Å².